The topological polar surface area (TPSA) is 96.0 Å². The standard InChI is InChI=1S/C19H21ClN2O6/c1-11(19(24)22-16-6-5-13(20)10-21-16)28-17(23)9-12-7-14(25-2)18(27-4)15(8-12)26-3/h5-8,10-11H,9H2,1-4H3,(H,21,22,24)/t11-/m0/s1. The van der Waals surface area contributed by atoms with Crippen molar-refractivity contribution in [1.82, 2.24) is 4.98 Å². The summed E-state index contributed by atoms with van der Waals surface area (Å²) in [5.74, 6) is 0.481. The molecule has 28 heavy (non-hydrogen) atoms. The lowest BCUT2D eigenvalue weighted by Crippen LogP contribution is -2.30. The van der Waals surface area contributed by atoms with Crippen LogP contribution in [0, 0.1) is 0 Å². The number of nitrogens with zero attached hydrogens (tertiary/aromatic N) is 1. The van der Waals surface area contributed by atoms with Crippen molar-refractivity contribution in [2.45, 2.75) is 19.4 Å². The summed E-state index contributed by atoms with van der Waals surface area (Å²) >= 11 is 5.75. The largest absolute Gasteiger partial charge is 0.493 e. The van der Waals surface area contributed by atoms with E-state index in [-0.39, 0.29) is 6.42 Å². The number of aromatic nitrogens is 1. The Morgan fingerprint density at radius 3 is 2.25 bits per heavy atom. The Kier molecular flexibility index (Phi) is 7.45. The minimum atomic E-state index is -1.01. The Bertz CT molecular complexity index is 816. The zero-order chi connectivity index (χ0) is 20.7. The van der Waals surface area contributed by atoms with Gasteiger partial charge in [0.15, 0.2) is 17.6 Å². The van der Waals surface area contributed by atoms with Gasteiger partial charge in [0.25, 0.3) is 5.91 Å². The van der Waals surface area contributed by atoms with E-state index in [1.807, 2.05) is 0 Å². The second kappa shape index (κ2) is 9.80. The molecule has 1 N–H and O–H groups in total. The van der Waals surface area contributed by atoms with Gasteiger partial charge in [-0.05, 0) is 36.8 Å². The van der Waals surface area contributed by atoms with Gasteiger partial charge in [0.05, 0.1) is 32.8 Å². The fourth-order valence-corrected chi connectivity index (χ4v) is 2.49. The summed E-state index contributed by atoms with van der Waals surface area (Å²) in [6.45, 7) is 1.47. The second-order valence-corrected chi connectivity index (χ2v) is 6.13. The third kappa shape index (κ3) is 5.50. The van der Waals surface area contributed by atoms with Crippen LogP contribution in [0.15, 0.2) is 30.5 Å². The number of benzene rings is 1. The number of methoxy groups -OCH3 is 3. The molecule has 9 heteroatoms. The maximum Gasteiger partial charge on any atom is 0.311 e. The molecule has 0 aliphatic rings. The molecule has 1 heterocycles. The summed E-state index contributed by atoms with van der Waals surface area (Å²) < 4.78 is 21.0. The van der Waals surface area contributed by atoms with Gasteiger partial charge in [0.1, 0.15) is 5.82 Å². The zero-order valence-corrected chi connectivity index (χ0v) is 16.7. The van der Waals surface area contributed by atoms with Gasteiger partial charge < -0.3 is 24.3 Å². The molecule has 0 aliphatic carbocycles. The SMILES string of the molecule is COc1cc(CC(=O)O[C@@H](C)C(=O)Nc2ccc(Cl)cn2)cc(OC)c1OC. The number of hydrogen-bond acceptors (Lipinski definition) is 7. The van der Waals surface area contributed by atoms with Crippen molar-refractivity contribution in [1.29, 1.82) is 0 Å². The van der Waals surface area contributed by atoms with Gasteiger partial charge in [-0.1, -0.05) is 11.6 Å². The van der Waals surface area contributed by atoms with E-state index < -0.39 is 18.0 Å². The van der Waals surface area contributed by atoms with Crippen molar-refractivity contribution in [2.24, 2.45) is 0 Å². The van der Waals surface area contributed by atoms with Gasteiger partial charge in [-0.25, -0.2) is 4.98 Å². The molecule has 0 saturated heterocycles. The number of amides is 1. The lowest BCUT2D eigenvalue weighted by atomic mass is 10.1. The summed E-state index contributed by atoms with van der Waals surface area (Å²) in [5, 5.41) is 2.99. The Morgan fingerprint density at radius 1 is 1.11 bits per heavy atom. The molecule has 0 spiro atoms. The van der Waals surface area contributed by atoms with E-state index in [1.54, 1.807) is 24.3 Å². The summed E-state index contributed by atoms with van der Waals surface area (Å²) in [5.41, 5.74) is 0.589. The molecule has 0 unspecified atom stereocenters. The van der Waals surface area contributed by atoms with Crippen LogP contribution in [0.1, 0.15) is 12.5 Å². The van der Waals surface area contributed by atoms with Crippen LogP contribution in [0.5, 0.6) is 17.2 Å². The van der Waals surface area contributed by atoms with Gasteiger partial charge in [-0.15, -0.1) is 0 Å². The van der Waals surface area contributed by atoms with Crippen LogP contribution in [-0.2, 0) is 20.7 Å². The predicted molar refractivity (Wildman–Crippen MR) is 103 cm³/mol. The fourth-order valence-electron chi connectivity index (χ4n) is 2.37. The van der Waals surface area contributed by atoms with Crippen molar-refractivity contribution in [2.75, 3.05) is 26.6 Å². The molecule has 0 saturated carbocycles. The van der Waals surface area contributed by atoms with Crippen LogP contribution in [0.2, 0.25) is 5.02 Å². The Labute approximate surface area is 167 Å². The molecule has 0 bridgehead atoms. The molecule has 0 fully saturated rings. The molecule has 2 rings (SSSR count). The van der Waals surface area contributed by atoms with Crippen LogP contribution >= 0.6 is 11.6 Å². The lowest BCUT2D eigenvalue weighted by Gasteiger charge is -2.15. The van der Waals surface area contributed by atoms with E-state index in [4.69, 9.17) is 30.5 Å². The normalized spacial score (nSPS) is 11.3. The summed E-state index contributed by atoms with van der Waals surface area (Å²) in [6, 6.07) is 6.42. The third-order valence-corrected chi connectivity index (χ3v) is 3.95. The second-order valence-electron chi connectivity index (χ2n) is 5.69. The molecular weight excluding hydrogens is 388 g/mol. The predicted octanol–water partition coefficient (Wildman–Crippen LogP) is 2.87. The highest BCUT2D eigenvalue weighted by Gasteiger charge is 2.20. The number of rotatable bonds is 8. The average Bonchev–Trinajstić information content (AvgIpc) is 2.68. The van der Waals surface area contributed by atoms with Gasteiger partial charge in [0, 0.05) is 6.20 Å². The average molecular weight is 409 g/mol. The summed E-state index contributed by atoms with van der Waals surface area (Å²) in [6.07, 6.45) is 0.318. The van der Waals surface area contributed by atoms with E-state index in [0.717, 1.165) is 0 Å². The van der Waals surface area contributed by atoms with Crippen molar-refractivity contribution in [3.8, 4) is 17.2 Å². The minimum absolute atomic E-state index is 0.0759. The molecule has 150 valence electrons. The third-order valence-electron chi connectivity index (χ3n) is 3.73. The Morgan fingerprint density at radius 2 is 1.75 bits per heavy atom. The summed E-state index contributed by atoms with van der Waals surface area (Å²) in [7, 11) is 4.46. The van der Waals surface area contributed by atoms with E-state index in [0.29, 0.717) is 33.7 Å². The number of esters is 1. The number of halogens is 1. The minimum Gasteiger partial charge on any atom is -0.493 e. The van der Waals surface area contributed by atoms with E-state index in [1.165, 1.54) is 34.4 Å². The highest BCUT2D eigenvalue weighted by Crippen LogP contribution is 2.38. The first-order valence-electron chi connectivity index (χ1n) is 8.28. The van der Waals surface area contributed by atoms with E-state index >= 15 is 0 Å². The van der Waals surface area contributed by atoms with Gasteiger partial charge in [-0.2, -0.15) is 0 Å². The maximum atomic E-state index is 12.2. The molecule has 1 amide bonds. The maximum absolute atomic E-state index is 12.2. The first-order chi connectivity index (χ1) is 13.4. The zero-order valence-electron chi connectivity index (χ0n) is 15.9. The first-order valence-corrected chi connectivity index (χ1v) is 8.66. The highest BCUT2D eigenvalue weighted by molar-refractivity contribution is 6.30. The van der Waals surface area contributed by atoms with Crippen LogP contribution in [0.4, 0.5) is 5.82 Å². The Hall–Kier alpha value is -3.00. The van der Waals surface area contributed by atoms with E-state index in [9.17, 15) is 9.59 Å². The van der Waals surface area contributed by atoms with Crippen LogP contribution < -0.4 is 19.5 Å². The molecular formula is C19H21ClN2O6. The van der Waals surface area contributed by atoms with Gasteiger partial charge in [0.2, 0.25) is 5.75 Å². The molecule has 0 radical (unpaired) electrons. The van der Waals surface area contributed by atoms with Crippen LogP contribution in [0.25, 0.3) is 0 Å². The molecule has 1 atom stereocenters. The van der Waals surface area contributed by atoms with Crippen molar-refractivity contribution in [3.63, 3.8) is 0 Å². The number of anilines is 1. The fraction of sp³-hybridized carbons (Fsp3) is 0.316. The van der Waals surface area contributed by atoms with Crippen LogP contribution in [0.3, 0.4) is 0 Å². The molecule has 0 aliphatic heterocycles. The van der Waals surface area contributed by atoms with Crippen molar-refractivity contribution >= 4 is 29.3 Å². The number of nitrogens with one attached hydrogen (secondary N) is 1. The smallest absolute Gasteiger partial charge is 0.311 e. The van der Waals surface area contributed by atoms with Gasteiger partial charge in [-0.3, -0.25) is 9.59 Å². The Balaban J connectivity index is 2.00. The number of ether oxygens (including phenoxy) is 4. The number of carbonyl (C=O) groups is 2. The van der Waals surface area contributed by atoms with Crippen molar-refractivity contribution < 1.29 is 28.5 Å². The lowest BCUT2D eigenvalue weighted by molar-refractivity contribution is -0.152. The monoisotopic (exact) mass is 408 g/mol. The molecule has 2 aromatic rings. The quantitative estimate of drug-likeness (QED) is 0.671. The van der Waals surface area contributed by atoms with Crippen molar-refractivity contribution in [3.05, 3.63) is 41.0 Å². The van der Waals surface area contributed by atoms with E-state index in [2.05, 4.69) is 10.3 Å². The van der Waals surface area contributed by atoms with Gasteiger partial charge >= 0.3 is 5.97 Å². The molecule has 1 aromatic heterocycles. The molecule has 8 nitrogen and oxygen atoms in total. The highest BCUT2D eigenvalue weighted by atomic mass is 35.5. The summed E-state index contributed by atoms with van der Waals surface area (Å²) in [4.78, 5) is 28.3. The number of hydrogen-bond donors (Lipinski definition) is 1. The number of pyridine rings is 1. The van der Waals surface area contributed by atoms with Crippen LogP contribution in [-0.4, -0.2) is 44.3 Å². The first kappa shape index (κ1) is 21.3. The number of carbonyl (C=O) groups excluding carboxylic acids is 2. The molecule has 1 aromatic carbocycles.